The van der Waals surface area contributed by atoms with Gasteiger partial charge in [0.15, 0.2) is 0 Å². The summed E-state index contributed by atoms with van der Waals surface area (Å²) < 4.78 is 32.5. The highest BCUT2D eigenvalue weighted by Crippen LogP contribution is 2.16. The Morgan fingerprint density at radius 1 is 0.519 bits per heavy atom. The zero-order valence-corrected chi connectivity index (χ0v) is 34.9. The molecule has 0 aliphatic heterocycles. The van der Waals surface area contributed by atoms with Crippen molar-refractivity contribution in [3.63, 3.8) is 0 Å². The highest BCUT2D eigenvalue weighted by molar-refractivity contribution is 7.85. The Balaban J connectivity index is 3.95. The molecule has 0 spiro atoms. The van der Waals surface area contributed by atoms with E-state index in [0.29, 0.717) is 12.8 Å². The molecule has 1 amide bonds. The first kappa shape index (κ1) is 50.8. The van der Waals surface area contributed by atoms with Crippen molar-refractivity contribution in [3.8, 4) is 0 Å². The SMILES string of the molecule is CCCCCCCCCC/C=C/CC/C=C/C(O)C(CS(=O)(=O)O)NC(=O)C(O)CCCCCCCCCCCCCCCCCCCCCCC. The van der Waals surface area contributed by atoms with Gasteiger partial charge in [0, 0.05) is 0 Å². The van der Waals surface area contributed by atoms with Crippen molar-refractivity contribution in [1.82, 2.24) is 5.32 Å². The molecule has 3 atom stereocenters. The van der Waals surface area contributed by atoms with Crippen LogP contribution < -0.4 is 5.32 Å². The fourth-order valence-corrected chi connectivity index (χ4v) is 7.56. The zero-order valence-electron chi connectivity index (χ0n) is 34.1. The molecule has 0 aromatic heterocycles. The lowest BCUT2D eigenvalue weighted by Gasteiger charge is -2.22. The number of unbranched alkanes of at least 4 members (excludes halogenated alkanes) is 29. The van der Waals surface area contributed by atoms with Gasteiger partial charge in [0.25, 0.3) is 10.1 Å². The summed E-state index contributed by atoms with van der Waals surface area (Å²) in [5, 5.41) is 23.4. The van der Waals surface area contributed by atoms with E-state index in [2.05, 4.69) is 31.3 Å². The molecular weight excluding hydrogens is 671 g/mol. The number of carbonyl (C=O) groups excluding carboxylic acids is 1. The van der Waals surface area contributed by atoms with Crippen LogP contribution in [-0.2, 0) is 14.9 Å². The highest BCUT2D eigenvalue weighted by atomic mass is 32.2. The number of aliphatic hydroxyl groups excluding tert-OH is 2. The van der Waals surface area contributed by atoms with E-state index in [-0.39, 0.29) is 6.42 Å². The van der Waals surface area contributed by atoms with Gasteiger partial charge in [0.05, 0.1) is 17.9 Å². The fourth-order valence-electron chi connectivity index (χ4n) is 6.83. The number of nitrogens with one attached hydrogen (secondary N) is 1. The maximum Gasteiger partial charge on any atom is 0.267 e. The van der Waals surface area contributed by atoms with Crippen LogP contribution >= 0.6 is 0 Å². The largest absolute Gasteiger partial charge is 0.387 e. The first-order valence-electron chi connectivity index (χ1n) is 22.1. The van der Waals surface area contributed by atoms with Gasteiger partial charge in [-0.2, -0.15) is 8.42 Å². The average Bonchev–Trinajstić information content (AvgIpc) is 3.11. The molecule has 0 aliphatic rings. The minimum absolute atomic E-state index is 0.278. The summed E-state index contributed by atoms with van der Waals surface area (Å²) in [6.07, 6.45) is 45.3. The molecule has 4 N–H and O–H groups in total. The average molecular weight is 756 g/mol. The van der Waals surface area contributed by atoms with Crippen LogP contribution in [0.2, 0.25) is 0 Å². The van der Waals surface area contributed by atoms with Gasteiger partial charge in [0.1, 0.15) is 6.10 Å². The maximum absolute atomic E-state index is 12.6. The molecule has 308 valence electrons. The first-order chi connectivity index (χ1) is 25.2. The van der Waals surface area contributed by atoms with E-state index in [4.69, 9.17) is 0 Å². The molecule has 7 nitrogen and oxygen atoms in total. The first-order valence-corrected chi connectivity index (χ1v) is 23.8. The minimum Gasteiger partial charge on any atom is -0.387 e. The molecule has 0 aromatic rings. The molecule has 0 aromatic carbocycles. The molecule has 0 rings (SSSR count). The van der Waals surface area contributed by atoms with Gasteiger partial charge in [0.2, 0.25) is 5.91 Å². The monoisotopic (exact) mass is 756 g/mol. The van der Waals surface area contributed by atoms with Crippen molar-refractivity contribution in [2.45, 2.75) is 244 Å². The van der Waals surface area contributed by atoms with Crippen LogP contribution in [0.5, 0.6) is 0 Å². The number of rotatable bonds is 40. The van der Waals surface area contributed by atoms with Gasteiger partial charge in [-0.25, -0.2) is 0 Å². The van der Waals surface area contributed by atoms with Crippen molar-refractivity contribution >= 4 is 16.0 Å². The van der Waals surface area contributed by atoms with E-state index in [0.717, 1.165) is 32.1 Å². The summed E-state index contributed by atoms with van der Waals surface area (Å²) in [5.74, 6) is -1.55. The van der Waals surface area contributed by atoms with E-state index in [1.165, 1.54) is 167 Å². The summed E-state index contributed by atoms with van der Waals surface area (Å²) in [5.41, 5.74) is 0. The molecule has 8 heteroatoms. The molecule has 0 heterocycles. The maximum atomic E-state index is 12.6. The van der Waals surface area contributed by atoms with Gasteiger partial charge in [-0.3, -0.25) is 9.35 Å². The third-order valence-corrected chi connectivity index (χ3v) is 11.0. The lowest BCUT2D eigenvalue weighted by Crippen LogP contribution is -2.50. The second-order valence-corrected chi connectivity index (χ2v) is 17.0. The van der Waals surface area contributed by atoms with Crippen molar-refractivity contribution in [2.75, 3.05) is 5.75 Å². The Morgan fingerprint density at radius 2 is 0.865 bits per heavy atom. The van der Waals surface area contributed by atoms with Gasteiger partial charge in [-0.05, 0) is 32.1 Å². The number of hydrogen-bond acceptors (Lipinski definition) is 5. The zero-order chi connectivity index (χ0) is 38.4. The third kappa shape index (κ3) is 37.1. The molecular formula is C44H85NO6S. The number of amides is 1. The minimum atomic E-state index is -4.45. The van der Waals surface area contributed by atoms with Gasteiger partial charge < -0.3 is 15.5 Å². The summed E-state index contributed by atoms with van der Waals surface area (Å²) in [6, 6.07) is -1.24. The van der Waals surface area contributed by atoms with E-state index in [9.17, 15) is 28.0 Å². The Hall–Kier alpha value is -1.22. The number of carbonyl (C=O) groups is 1. The van der Waals surface area contributed by atoms with Crippen LogP contribution in [-0.4, -0.2) is 53.1 Å². The molecule has 0 saturated carbocycles. The van der Waals surface area contributed by atoms with Crippen LogP contribution in [0.1, 0.15) is 226 Å². The predicted octanol–water partition coefficient (Wildman–Crippen LogP) is 12.1. The summed E-state index contributed by atoms with van der Waals surface area (Å²) >= 11 is 0. The predicted molar refractivity (Wildman–Crippen MR) is 222 cm³/mol. The molecule has 0 saturated heterocycles. The fraction of sp³-hybridized carbons (Fsp3) is 0.886. The second kappa shape index (κ2) is 38.1. The van der Waals surface area contributed by atoms with Crippen molar-refractivity contribution in [3.05, 3.63) is 24.3 Å². The lowest BCUT2D eigenvalue weighted by molar-refractivity contribution is -0.130. The molecule has 52 heavy (non-hydrogen) atoms. The van der Waals surface area contributed by atoms with Crippen LogP contribution in [0.15, 0.2) is 24.3 Å². The lowest BCUT2D eigenvalue weighted by atomic mass is 10.0. The summed E-state index contributed by atoms with van der Waals surface area (Å²) in [7, 11) is -4.45. The quantitative estimate of drug-likeness (QED) is 0.0280. The van der Waals surface area contributed by atoms with Crippen molar-refractivity contribution in [1.29, 1.82) is 0 Å². The standard InChI is InChI=1S/C44H85NO6S/c1-3-5-7-9-11-13-15-17-19-20-21-22-23-24-25-27-29-31-33-35-37-39-43(47)44(48)45-41(40-52(49,50)51)42(46)38-36-34-32-30-28-26-18-16-14-12-10-8-6-4-2/h28,30,36,38,41-43,46-47H,3-27,29,31-35,37,39-40H2,1-2H3,(H,45,48)(H,49,50,51)/b30-28+,38-36+. The Labute approximate surface area is 322 Å². The normalized spacial score (nSPS) is 14.0. The van der Waals surface area contributed by atoms with Gasteiger partial charge in [-0.15, -0.1) is 0 Å². The third-order valence-electron chi connectivity index (χ3n) is 10.2. The number of allylic oxidation sites excluding steroid dienone is 3. The topological polar surface area (TPSA) is 124 Å². The molecule has 3 unspecified atom stereocenters. The van der Waals surface area contributed by atoms with Gasteiger partial charge in [-0.1, -0.05) is 218 Å². The van der Waals surface area contributed by atoms with Crippen molar-refractivity contribution in [2.24, 2.45) is 0 Å². The van der Waals surface area contributed by atoms with Crippen LogP contribution in [0.25, 0.3) is 0 Å². The molecule has 0 fully saturated rings. The van der Waals surface area contributed by atoms with E-state index < -0.39 is 40.0 Å². The molecule has 0 bridgehead atoms. The van der Waals surface area contributed by atoms with Gasteiger partial charge >= 0.3 is 0 Å². The van der Waals surface area contributed by atoms with E-state index in [1.54, 1.807) is 6.08 Å². The summed E-state index contributed by atoms with van der Waals surface area (Å²) in [4.78, 5) is 12.6. The molecule has 0 radical (unpaired) electrons. The van der Waals surface area contributed by atoms with Crippen LogP contribution in [0.4, 0.5) is 0 Å². The van der Waals surface area contributed by atoms with Crippen molar-refractivity contribution < 1.29 is 28.0 Å². The van der Waals surface area contributed by atoms with E-state index in [1.807, 2.05) is 0 Å². The smallest absolute Gasteiger partial charge is 0.267 e. The van der Waals surface area contributed by atoms with Crippen LogP contribution in [0, 0.1) is 0 Å². The Morgan fingerprint density at radius 3 is 1.27 bits per heavy atom. The van der Waals surface area contributed by atoms with Crippen LogP contribution in [0.3, 0.4) is 0 Å². The highest BCUT2D eigenvalue weighted by Gasteiger charge is 2.27. The Kier molecular flexibility index (Phi) is 37.2. The Bertz CT molecular complexity index is 937. The second-order valence-electron chi connectivity index (χ2n) is 15.5. The molecule has 0 aliphatic carbocycles. The number of aliphatic hydroxyl groups is 2. The van der Waals surface area contributed by atoms with E-state index >= 15 is 0 Å². The summed E-state index contributed by atoms with van der Waals surface area (Å²) in [6.45, 7) is 4.51. The number of hydrogen-bond donors (Lipinski definition) is 4.